The molecule has 0 fully saturated rings. The molecule has 4 nitrogen and oxygen atoms in total. The predicted octanol–water partition coefficient (Wildman–Crippen LogP) is 13.1. The Morgan fingerprint density at radius 3 is 1.79 bits per heavy atom. The van der Waals surface area contributed by atoms with E-state index in [4.69, 9.17) is 15.0 Å². The standard InChI is InChI=1S/C52H36N4/c1-52(2)45-23-13-11-21-39(45)43-31-44-40-22-12-14-24-47(40)56(48(44)32-46(43)52)38-27-28-41(42(30-38)37-26-25-33-15-9-10-20-36(33)29-37)51-54-49(34-16-5-3-6-17-34)53-50(55-51)35-18-7-4-8-19-35/h3-32H,1-2H3. The Bertz CT molecular complexity index is 3100. The van der Waals surface area contributed by atoms with Crippen LogP contribution in [-0.4, -0.2) is 19.5 Å². The summed E-state index contributed by atoms with van der Waals surface area (Å²) in [5.74, 6) is 1.91. The van der Waals surface area contributed by atoms with Crippen LogP contribution in [0.2, 0.25) is 0 Å². The largest absolute Gasteiger partial charge is 0.309 e. The van der Waals surface area contributed by atoms with Crippen molar-refractivity contribution in [2.45, 2.75) is 19.3 Å². The van der Waals surface area contributed by atoms with E-state index in [1.165, 1.54) is 54.8 Å². The number of hydrogen-bond donors (Lipinski definition) is 0. The highest BCUT2D eigenvalue weighted by Crippen LogP contribution is 2.51. The second kappa shape index (κ2) is 12.4. The van der Waals surface area contributed by atoms with E-state index in [0.717, 1.165) is 33.5 Å². The van der Waals surface area contributed by atoms with E-state index in [9.17, 15) is 0 Å². The molecule has 1 aliphatic carbocycles. The van der Waals surface area contributed by atoms with Crippen molar-refractivity contribution in [2.24, 2.45) is 0 Å². The summed E-state index contributed by atoms with van der Waals surface area (Å²) in [6.07, 6.45) is 0. The van der Waals surface area contributed by atoms with Crippen LogP contribution in [0, 0.1) is 0 Å². The second-order valence-electron chi connectivity index (χ2n) is 15.3. The molecule has 2 aromatic heterocycles. The van der Waals surface area contributed by atoms with Gasteiger partial charge >= 0.3 is 0 Å². The highest BCUT2D eigenvalue weighted by Gasteiger charge is 2.36. The average Bonchev–Trinajstić information content (AvgIpc) is 3.70. The fourth-order valence-corrected chi connectivity index (χ4v) is 8.83. The summed E-state index contributed by atoms with van der Waals surface area (Å²) in [7, 11) is 0. The van der Waals surface area contributed by atoms with Gasteiger partial charge in [-0.3, -0.25) is 0 Å². The summed E-state index contributed by atoms with van der Waals surface area (Å²) in [6.45, 7) is 4.70. The van der Waals surface area contributed by atoms with Crippen molar-refractivity contribution in [3.05, 3.63) is 193 Å². The molecule has 2 heterocycles. The molecule has 0 unspecified atom stereocenters. The van der Waals surface area contributed by atoms with Crippen molar-refractivity contribution in [1.82, 2.24) is 19.5 Å². The molecule has 11 rings (SSSR count). The molecule has 8 aromatic carbocycles. The summed E-state index contributed by atoms with van der Waals surface area (Å²) in [5.41, 5.74) is 13.7. The van der Waals surface area contributed by atoms with Crippen LogP contribution in [0.1, 0.15) is 25.0 Å². The molecule has 0 aliphatic heterocycles. The number of para-hydroxylation sites is 1. The lowest BCUT2D eigenvalue weighted by molar-refractivity contribution is 0.661. The topological polar surface area (TPSA) is 43.6 Å². The number of benzene rings is 8. The second-order valence-corrected chi connectivity index (χ2v) is 15.3. The monoisotopic (exact) mass is 716 g/mol. The van der Waals surface area contributed by atoms with Crippen molar-refractivity contribution >= 4 is 32.6 Å². The van der Waals surface area contributed by atoms with Crippen LogP contribution in [-0.2, 0) is 5.41 Å². The molecule has 0 radical (unpaired) electrons. The molecular weight excluding hydrogens is 681 g/mol. The Hall–Kier alpha value is -7.17. The lowest BCUT2D eigenvalue weighted by Crippen LogP contribution is -2.15. The van der Waals surface area contributed by atoms with Crippen molar-refractivity contribution in [1.29, 1.82) is 0 Å². The minimum Gasteiger partial charge on any atom is -0.309 e. The van der Waals surface area contributed by atoms with Gasteiger partial charge in [-0.25, -0.2) is 15.0 Å². The van der Waals surface area contributed by atoms with Gasteiger partial charge in [-0.05, 0) is 86.6 Å². The molecule has 0 spiro atoms. The maximum Gasteiger partial charge on any atom is 0.164 e. The molecule has 56 heavy (non-hydrogen) atoms. The normalized spacial score (nSPS) is 13.0. The highest BCUT2D eigenvalue weighted by atomic mass is 15.0. The summed E-state index contributed by atoms with van der Waals surface area (Å²) in [5, 5.41) is 4.87. The number of fused-ring (bicyclic) bond motifs is 7. The first-order chi connectivity index (χ1) is 27.5. The van der Waals surface area contributed by atoms with Crippen LogP contribution in [0.25, 0.3) is 94.7 Å². The number of hydrogen-bond acceptors (Lipinski definition) is 3. The van der Waals surface area contributed by atoms with Crippen LogP contribution in [0.5, 0.6) is 0 Å². The zero-order valence-corrected chi connectivity index (χ0v) is 31.1. The van der Waals surface area contributed by atoms with E-state index in [0.29, 0.717) is 17.5 Å². The Morgan fingerprint density at radius 2 is 1.02 bits per heavy atom. The lowest BCUT2D eigenvalue weighted by Gasteiger charge is -2.22. The zero-order valence-electron chi connectivity index (χ0n) is 31.1. The number of nitrogens with zero attached hydrogens (tertiary/aromatic N) is 4. The van der Waals surface area contributed by atoms with Gasteiger partial charge in [-0.1, -0.05) is 153 Å². The average molecular weight is 717 g/mol. The van der Waals surface area contributed by atoms with Crippen LogP contribution < -0.4 is 0 Å². The zero-order chi connectivity index (χ0) is 37.4. The van der Waals surface area contributed by atoms with Crippen LogP contribution >= 0.6 is 0 Å². The van der Waals surface area contributed by atoms with Gasteiger partial charge in [0.1, 0.15) is 0 Å². The number of aromatic nitrogens is 4. The fourth-order valence-electron chi connectivity index (χ4n) is 8.83. The molecular formula is C52H36N4. The van der Waals surface area contributed by atoms with Crippen molar-refractivity contribution < 1.29 is 0 Å². The highest BCUT2D eigenvalue weighted by molar-refractivity contribution is 6.12. The van der Waals surface area contributed by atoms with Gasteiger partial charge in [0.05, 0.1) is 11.0 Å². The molecule has 0 bridgehead atoms. The van der Waals surface area contributed by atoms with E-state index < -0.39 is 0 Å². The Labute approximate surface area is 325 Å². The van der Waals surface area contributed by atoms with Gasteiger partial charge in [0.2, 0.25) is 0 Å². The molecule has 0 atom stereocenters. The summed E-state index contributed by atoms with van der Waals surface area (Å²) in [6, 6.07) is 64.9. The minimum absolute atomic E-state index is 0.118. The number of rotatable bonds is 5. The van der Waals surface area contributed by atoms with Crippen LogP contribution in [0.3, 0.4) is 0 Å². The maximum atomic E-state index is 5.19. The van der Waals surface area contributed by atoms with E-state index in [1.807, 2.05) is 36.4 Å². The SMILES string of the molecule is CC1(C)c2ccccc2-c2cc3c4ccccc4n(-c4ccc(-c5nc(-c6ccccc6)nc(-c6ccccc6)n5)c(-c5ccc6ccccc6c5)c4)c3cc21. The molecule has 0 saturated carbocycles. The molecule has 0 amide bonds. The van der Waals surface area contributed by atoms with Crippen molar-refractivity contribution in [2.75, 3.05) is 0 Å². The quantitative estimate of drug-likeness (QED) is 0.178. The third-order valence-electron chi connectivity index (χ3n) is 11.6. The third kappa shape index (κ3) is 5.03. The molecule has 10 aromatic rings. The first kappa shape index (κ1) is 32.3. The van der Waals surface area contributed by atoms with Gasteiger partial charge < -0.3 is 4.57 Å². The molecule has 264 valence electrons. The predicted molar refractivity (Wildman–Crippen MR) is 231 cm³/mol. The van der Waals surface area contributed by atoms with Gasteiger partial charge in [0.25, 0.3) is 0 Å². The minimum atomic E-state index is -0.118. The van der Waals surface area contributed by atoms with Gasteiger partial charge in [0.15, 0.2) is 17.5 Å². The summed E-state index contributed by atoms with van der Waals surface area (Å²) < 4.78 is 2.44. The van der Waals surface area contributed by atoms with Crippen LogP contribution in [0.15, 0.2) is 182 Å². The first-order valence-electron chi connectivity index (χ1n) is 19.2. The lowest BCUT2D eigenvalue weighted by atomic mass is 9.82. The summed E-state index contributed by atoms with van der Waals surface area (Å²) >= 11 is 0. The van der Waals surface area contributed by atoms with Crippen molar-refractivity contribution in [3.8, 4) is 62.1 Å². The van der Waals surface area contributed by atoms with E-state index in [-0.39, 0.29) is 5.41 Å². The van der Waals surface area contributed by atoms with E-state index in [2.05, 4.69) is 164 Å². The van der Waals surface area contributed by atoms with Gasteiger partial charge in [0, 0.05) is 38.6 Å². The third-order valence-corrected chi connectivity index (χ3v) is 11.6. The molecule has 4 heteroatoms. The smallest absolute Gasteiger partial charge is 0.164 e. The molecule has 0 saturated heterocycles. The van der Waals surface area contributed by atoms with Gasteiger partial charge in [-0.15, -0.1) is 0 Å². The van der Waals surface area contributed by atoms with Crippen LogP contribution in [0.4, 0.5) is 0 Å². The maximum absolute atomic E-state index is 5.19. The van der Waals surface area contributed by atoms with Gasteiger partial charge in [-0.2, -0.15) is 0 Å². The molecule has 0 N–H and O–H groups in total. The fraction of sp³-hybridized carbons (Fsp3) is 0.0577. The summed E-state index contributed by atoms with van der Waals surface area (Å²) in [4.78, 5) is 15.4. The Kier molecular flexibility index (Phi) is 7.17. The van der Waals surface area contributed by atoms with E-state index in [1.54, 1.807) is 0 Å². The van der Waals surface area contributed by atoms with E-state index >= 15 is 0 Å². The first-order valence-corrected chi connectivity index (χ1v) is 19.2. The Balaban J connectivity index is 1.18. The van der Waals surface area contributed by atoms with Crippen molar-refractivity contribution in [3.63, 3.8) is 0 Å². The Morgan fingerprint density at radius 1 is 0.375 bits per heavy atom. The molecule has 1 aliphatic rings.